The summed E-state index contributed by atoms with van der Waals surface area (Å²) in [6, 6.07) is 7.52. The third-order valence-electron chi connectivity index (χ3n) is 4.85. The fraction of sp³-hybridized carbons (Fsp3) is 0.389. The first-order valence-electron chi connectivity index (χ1n) is 8.54. The lowest BCUT2D eigenvalue weighted by Gasteiger charge is -2.16. The van der Waals surface area contributed by atoms with E-state index in [0.29, 0.717) is 18.8 Å². The van der Waals surface area contributed by atoms with E-state index >= 15 is 0 Å². The molecule has 1 aliphatic rings. The molecule has 1 aliphatic carbocycles. The van der Waals surface area contributed by atoms with Crippen molar-refractivity contribution in [3.8, 4) is 0 Å². The summed E-state index contributed by atoms with van der Waals surface area (Å²) in [5, 5.41) is 25.4. The lowest BCUT2D eigenvalue weighted by Crippen LogP contribution is -2.40. The number of amides is 1. The Kier molecular flexibility index (Phi) is 4.23. The second-order valence-corrected chi connectivity index (χ2v) is 6.78. The molecule has 0 aliphatic heterocycles. The highest BCUT2D eigenvalue weighted by Gasteiger charge is 2.34. The molecule has 3 N–H and O–H groups in total. The van der Waals surface area contributed by atoms with E-state index in [1.165, 1.54) is 0 Å². The summed E-state index contributed by atoms with van der Waals surface area (Å²) in [4.78, 5) is 12.3. The van der Waals surface area contributed by atoms with Crippen molar-refractivity contribution in [3.05, 3.63) is 48.4 Å². The van der Waals surface area contributed by atoms with Crippen molar-refractivity contribution in [2.75, 3.05) is 0 Å². The Morgan fingerprint density at radius 2 is 2.32 bits per heavy atom. The topological polar surface area (TPSA) is 95.8 Å². The number of aliphatic hydroxyl groups excluding tert-OH is 1. The molecule has 1 amide bonds. The van der Waals surface area contributed by atoms with E-state index in [-0.39, 0.29) is 11.9 Å². The number of fused-ring (bicyclic) bond motifs is 1. The zero-order valence-electron chi connectivity index (χ0n) is 13.8. The minimum atomic E-state index is -0.500. The van der Waals surface area contributed by atoms with Crippen molar-refractivity contribution in [2.45, 2.75) is 38.0 Å². The average Bonchev–Trinajstić information content (AvgIpc) is 3.30. The fourth-order valence-electron chi connectivity index (χ4n) is 3.63. The molecular formula is C18H21N5O2. The van der Waals surface area contributed by atoms with Gasteiger partial charge in [-0.3, -0.25) is 14.6 Å². The Hall–Kier alpha value is -2.67. The molecule has 0 radical (unpaired) electrons. The van der Waals surface area contributed by atoms with Gasteiger partial charge in [0.05, 0.1) is 30.3 Å². The molecule has 4 rings (SSSR count). The number of benzene rings is 1. The van der Waals surface area contributed by atoms with Gasteiger partial charge in [-0.05, 0) is 36.5 Å². The molecule has 130 valence electrons. The van der Waals surface area contributed by atoms with Crippen molar-refractivity contribution in [1.82, 2.24) is 25.3 Å². The summed E-state index contributed by atoms with van der Waals surface area (Å²) < 4.78 is 1.88. The highest BCUT2D eigenvalue weighted by Crippen LogP contribution is 2.27. The van der Waals surface area contributed by atoms with Gasteiger partial charge in [0.25, 0.3) is 0 Å². The first-order valence-corrected chi connectivity index (χ1v) is 8.54. The van der Waals surface area contributed by atoms with Crippen LogP contribution in [0.25, 0.3) is 10.9 Å². The Morgan fingerprint density at radius 1 is 1.40 bits per heavy atom. The van der Waals surface area contributed by atoms with E-state index in [1.54, 1.807) is 12.4 Å². The van der Waals surface area contributed by atoms with Crippen molar-refractivity contribution < 1.29 is 9.90 Å². The van der Waals surface area contributed by atoms with Gasteiger partial charge in [-0.1, -0.05) is 12.1 Å². The van der Waals surface area contributed by atoms with Crippen LogP contribution in [0.3, 0.4) is 0 Å². The molecule has 0 spiro atoms. The normalized spacial score (nSPS) is 23.2. The monoisotopic (exact) mass is 339 g/mol. The second kappa shape index (κ2) is 6.68. The van der Waals surface area contributed by atoms with Crippen LogP contribution in [0, 0.1) is 5.92 Å². The molecule has 0 bridgehead atoms. The minimum Gasteiger partial charge on any atom is -0.391 e. The zero-order chi connectivity index (χ0) is 17.2. The standard InChI is InChI=1S/C18H21N5O2/c24-17-8-13(11-23-5-1-4-20-23)7-16(17)21-18(25)9-12-2-3-14-10-19-22-15(14)6-12/h1-6,10,13,16-17,24H,7-9,11H2,(H,19,22)(H,21,25)/t13?,16-,17-/m1/s1. The van der Waals surface area contributed by atoms with E-state index < -0.39 is 6.10 Å². The van der Waals surface area contributed by atoms with Gasteiger partial charge in [0, 0.05) is 24.3 Å². The fourth-order valence-corrected chi connectivity index (χ4v) is 3.63. The van der Waals surface area contributed by atoms with Gasteiger partial charge < -0.3 is 10.4 Å². The first kappa shape index (κ1) is 15.8. The molecule has 2 heterocycles. The molecule has 1 fully saturated rings. The van der Waals surface area contributed by atoms with Crippen LogP contribution in [0.5, 0.6) is 0 Å². The van der Waals surface area contributed by atoms with Crippen LogP contribution in [0.2, 0.25) is 0 Å². The molecule has 7 heteroatoms. The summed E-state index contributed by atoms with van der Waals surface area (Å²) in [6.07, 6.45) is 6.68. The Balaban J connectivity index is 1.33. The van der Waals surface area contributed by atoms with E-state index in [9.17, 15) is 9.90 Å². The molecule has 3 aromatic rings. The van der Waals surface area contributed by atoms with Crippen LogP contribution in [0.1, 0.15) is 18.4 Å². The van der Waals surface area contributed by atoms with Crippen molar-refractivity contribution >= 4 is 16.8 Å². The summed E-state index contributed by atoms with van der Waals surface area (Å²) in [7, 11) is 0. The lowest BCUT2D eigenvalue weighted by atomic mass is 10.1. The molecule has 1 aromatic carbocycles. The van der Waals surface area contributed by atoms with Crippen molar-refractivity contribution in [1.29, 1.82) is 0 Å². The number of rotatable bonds is 5. The molecule has 1 saturated carbocycles. The van der Waals surface area contributed by atoms with Crippen molar-refractivity contribution in [2.24, 2.45) is 5.92 Å². The SMILES string of the molecule is O=C(Cc1ccc2cn[nH]c2c1)N[C@@H]1CC(Cn2cccn2)C[C@H]1O. The van der Waals surface area contributed by atoms with Crippen LogP contribution in [-0.2, 0) is 17.8 Å². The molecule has 2 aromatic heterocycles. The van der Waals surface area contributed by atoms with Gasteiger partial charge in [0.15, 0.2) is 0 Å². The Labute approximate surface area is 145 Å². The number of aromatic amines is 1. The third kappa shape index (κ3) is 3.56. The van der Waals surface area contributed by atoms with Gasteiger partial charge in [0.1, 0.15) is 0 Å². The number of aliphatic hydroxyl groups is 1. The number of hydrogen-bond donors (Lipinski definition) is 3. The van der Waals surface area contributed by atoms with Gasteiger partial charge in [0.2, 0.25) is 5.91 Å². The second-order valence-electron chi connectivity index (χ2n) is 6.78. The van der Waals surface area contributed by atoms with Gasteiger partial charge in [-0.25, -0.2) is 0 Å². The molecule has 3 atom stereocenters. The Morgan fingerprint density at radius 3 is 3.16 bits per heavy atom. The predicted octanol–water partition coefficient (Wildman–Crippen LogP) is 1.26. The number of nitrogens with one attached hydrogen (secondary N) is 2. The summed E-state index contributed by atoms with van der Waals surface area (Å²) in [5.74, 6) is 0.254. The molecule has 1 unspecified atom stereocenters. The summed E-state index contributed by atoms with van der Waals surface area (Å²) in [5.41, 5.74) is 1.85. The predicted molar refractivity (Wildman–Crippen MR) is 92.7 cm³/mol. The molecule has 0 saturated heterocycles. The van der Waals surface area contributed by atoms with Crippen molar-refractivity contribution in [3.63, 3.8) is 0 Å². The van der Waals surface area contributed by atoms with Gasteiger partial charge in [-0.2, -0.15) is 10.2 Å². The number of carbonyl (C=O) groups is 1. The third-order valence-corrected chi connectivity index (χ3v) is 4.85. The average molecular weight is 339 g/mol. The smallest absolute Gasteiger partial charge is 0.224 e. The Bertz CT molecular complexity index is 857. The maximum Gasteiger partial charge on any atom is 0.224 e. The quantitative estimate of drug-likeness (QED) is 0.652. The number of carbonyl (C=O) groups excluding carboxylic acids is 1. The van der Waals surface area contributed by atoms with Gasteiger partial charge in [-0.15, -0.1) is 0 Å². The maximum absolute atomic E-state index is 12.3. The largest absolute Gasteiger partial charge is 0.391 e. The van der Waals surface area contributed by atoms with E-state index in [4.69, 9.17) is 0 Å². The van der Waals surface area contributed by atoms with E-state index in [1.807, 2.05) is 35.1 Å². The number of hydrogen-bond acceptors (Lipinski definition) is 4. The van der Waals surface area contributed by atoms with Crippen LogP contribution in [0.4, 0.5) is 0 Å². The lowest BCUT2D eigenvalue weighted by molar-refractivity contribution is -0.121. The maximum atomic E-state index is 12.3. The number of aromatic nitrogens is 4. The molecule has 25 heavy (non-hydrogen) atoms. The highest BCUT2D eigenvalue weighted by molar-refractivity contribution is 5.82. The number of H-pyrrole nitrogens is 1. The van der Waals surface area contributed by atoms with Crippen LogP contribution in [0.15, 0.2) is 42.9 Å². The summed E-state index contributed by atoms with van der Waals surface area (Å²) in [6.45, 7) is 0.771. The first-order chi connectivity index (χ1) is 12.2. The zero-order valence-corrected chi connectivity index (χ0v) is 13.8. The van der Waals surface area contributed by atoms with E-state index in [0.717, 1.165) is 29.4 Å². The van der Waals surface area contributed by atoms with Crippen LogP contribution in [-0.4, -0.2) is 43.1 Å². The highest BCUT2D eigenvalue weighted by atomic mass is 16.3. The molecular weight excluding hydrogens is 318 g/mol. The summed E-state index contributed by atoms with van der Waals surface area (Å²) >= 11 is 0. The van der Waals surface area contributed by atoms with Crippen LogP contribution < -0.4 is 5.32 Å². The molecule has 7 nitrogen and oxygen atoms in total. The van der Waals surface area contributed by atoms with Gasteiger partial charge >= 0.3 is 0 Å². The number of nitrogens with zero attached hydrogens (tertiary/aromatic N) is 3. The van der Waals surface area contributed by atoms with E-state index in [2.05, 4.69) is 20.6 Å². The van der Waals surface area contributed by atoms with Crippen LogP contribution >= 0.6 is 0 Å². The minimum absolute atomic E-state index is 0.0670.